The van der Waals surface area contributed by atoms with Crippen LogP contribution < -0.4 is 10.6 Å². The Morgan fingerprint density at radius 2 is 1.81 bits per heavy atom. The van der Waals surface area contributed by atoms with Gasteiger partial charge in [0.2, 0.25) is 11.8 Å². The normalized spacial score (nSPS) is 17.6. The van der Waals surface area contributed by atoms with Crippen LogP contribution in [0.25, 0.3) is 0 Å². The summed E-state index contributed by atoms with van der Waals surface area (Å²) in [5.41, 5.74) is 0. The zero-order chi connectivity index (χ0) is 15.1. The molecule has 7 heteroatoms. The summed E-state index contributed by atoms with van der Waals surface area (Å²) in [6, 6.07) is 0.305. The second-order valence-corrected chi connectivity index (χ2v) is 5.47. The van der Waals surface area contributed by atoms with Gasteiger partial charge in [0.05, 0.1) is 0 Å². The molecule has 2 N–H and O–H groups in total. The molecule has 1 heterocycles. The summed E-state index contributed by atoms with van der Waals surface area (Å²) < 4.78 is 0. The molecule has 0 aromatic rings. The summed E-state index contributed by atoms with van der Waals surface area (Å²) in [5.74, 6) is 1.06. The maximum atomic E-state index is 11.6. The standard InChI is InChI=1S/C14H26N4O2.HI/c1-10(2)11(3)17-14(15-4)16-8-9-18-12(19)6-5-7-13(18)20;/h10-11H,5-9H2,1-4H3,(H2,15,16,17);1H. The number of amides is 2. The number of likely N-dealkylation sites (tertiary alicyclic amines) is 1. The van der Waals surface area contributed by atoms with Crippen molar-refractivity contribution in [2.75, 3.05) is 20.1 Å². The molecule has 0 radical (unpaired) electrons. The molecule has 1 saturated heterocycles. The molecule has 21 heavy (non-hydrogen) atoms. The van der Waals surface area contributed by atoms with Gasteiger partial charge in [0.25, 0.3) is 0 Å². The second-order valence-electron chi connectivity index (χ2n) is 5.47. The number of nitrogens with zero attached hydrogens (tertiary/aromatic N) is 2. The van der Waals surface area contributed by atoms with Gasteiger partial charge in [0.1, 0.15) is 0 Å². The highest BCUT2D eigenvalue weighted by Gasteiger charge is 2.25. The SMILES string of the molecule is CN=C(NCCN1C(=O)CCCC1=O)NC(C)C(C)C.I. The van der Waals surface area contributed by atoms with Crippen LogP contribution in [0.3, 0.4) is 0 Å². The van der Waals surface area contributed by atoms with E-state index in [9.17, 15) is 9.59 Å². The van der Waals surface area contributed by atoms with E-state index in [0.29, 0.717) is 50.3 Å². The largest absolute Gasteiger partial charge is 0.355 e. The third kappa shape index (κ3) is 6.62. The maximum absolute atomic E-state index is 11.6. The van der Waals surface area contributed by atoms with Gasteiger partial charge in [-0.2, -0.15) is 0 Å². The van der Waals surface area contributed by atoms with Gasteiger partial charge in [-0.1, -0.05) is 13.8 Å². The van der Waals surface area contributed by atoms with Gasteiger partial charge in [-0.15, -0.1) is 24.0 Å². The molecule has 6 nitrogen and oxygen atoms in total. The summed E-state index contributed by atoms with van der Waals surface area (Å²) in [6.45, 7) is 7.28. The first-order valence-electron chi connectivity index (χ1n) is 7.26. The number of piperidine rings is 1. The fourth-order valence-corrected chi connectivity index (χ4v) is 1.91. The lowest BCUT2D eigenvalue weighted by molar-refractivity contribution is -0.147. The molecule has 0 aliphatic carbocycles. The summed E-state index contributed by atoms with van der Waals surface area (Å²) in [6.07, 6.45) is 1.63. The Morgan fingerprint density at radius 3 is 2.29 bits per heavy atom. The van der Waals surface area contributed by atoms with Crippen LogP contribution in [-0.4, -0.2) is 48.9 Å². The molecule has 1 atom stereocenters. The molecule has 1 aliphatic heterocycles. The minimum Gasteiger partial charge on any atom is -0.355 e. The van der Waals surface area contributed by atoms with Crippen LogP contribution in [0.5, 0.6) is 0 Å². The number of carbonyl (C=O) groups excluding carboxylic acids is 2. The number of halogens is 1. The van der Waals surface area contributed by atoms with E-state index < -0.39 is 0 Å². The van der Waals surface area contributed by atoms with Crippen LogP contribution in [0.1, 0.15) is 40.0 Å². The van der Waals surface area contributed by atoms with Crippen LogP contribution in [0.2, 0.25) is 0 Å². The molecule has 122 valence electrons. The van der Waals surface area contributed by atoms with E-state index in [4.69, 9.17) is 0 Å². The molecule has 2 amide bonds. The molecule has 1 fully saturated rings. The summed E-state index contributed by atoms with van der Waals surface area (Å²) >= 11 is 0. The highest BCUT2D eigenvalue weighted by atomic mass is 127. The van der Waals surface area contributed by atoms with Crippen LogP contribution >= 0.6 is 24.0 Å². The number of nitrogens with one attached hydrogen (secondary N) is 2. The topological polar surface area (TPSA) is 73.8 Å². The fraction of sp³-hybridized carbons (Fsp3) is 0.786. The van der Waals surface area contributed by atoms with Crippen molar-refractivity contribution in [2.24, 2.45) is 10.9 Å². The molecule has 0 saturated carbocycles. The predicted molar refractivity (Wildman–Crippen MR) is 94.8 cm³/mol. The van der Waals surface area contributed by atoms with Gasteiger partial charge < -0.3 is 10.6 Å². The van der Waals surface area contributed by atoms with Crippen molar-refractivity contribution in [2.45, 2.75) is 46.1 Å². The minimum absolute atomic E-state index is 0. The number of guanidine groups is 1. The average Bonchev–Trinajstić information content (AvgIpc) is 2.40. The van der Waals surface area contributed by atoms with Crippen molar-refractivity contribution in [1.29, 1.82) is 0 Å². The Morgan fingerprint density at radius 1 is 1.24 bits per heavy atom. The summed E-state index contributed by atoms with van der Waals surface area (Å²) in [7, 11) is 1.71. The third-order valence-corrected chi connectivity index (χ3v) is 3.60. The van der Waals surface area contributed by atoms with E-state index in [1.54, 1.807) is 7.05 Å². The van der Waals surface area contributed by atoms with Crippen LogP contribution in [0.15, 0.2) is 4.99 Å². The fourth-order valence-electron chi connectivity index (χ4n) is 1.91. The lowest BCUT2D eigenvalue weighted by atomic mass is 10.1. The number of hydrogen-bond donors (Lipinski definition) is 2. The molecular weight excluding hydrogens is 383 g/mol. The van der Waals surface area contributed by atoms with Crippen LogP contribution in [0.4, 0.5) is 0 Å². The number of hydrogen-bond acceptors (Lipinski definition) is 3. The molecule has 0 aromatic heterocycles. The predicted octanol–water partition coefficient (Wildman–Crippen LogP) is 1.35. The van der Waals surface area contributed by atoms with Gasteiger partial charge >= 0.3 is 0 Å². The van der Waals surface area contributed by atoms with Crippen LogP contribution in [0, 0.1) is 5.92 Å². The first-order valence-corrected chi connectivity index (χ1v) is 7.26. The van der Waals surface area contributed by atoms with Gasteiger partial charge in [0, 0.05) is 39.0 Å². The van der Waals surface area contributed by atoms with Gasteiger partial charge in [0.15, 0.2) is 5.96 Å². The number of imide groups is 1. The quantitative estimate of drug-likeness (QED) is 0.311. The average molecular weight is 410 g/mol. The van der Waals surface area contributed by atoms with Crippen molar-refractivity contribution in [1.82, 2.24) is 15.5 Å². The Hall–Kier alpha value is -0.860. The van der Waals surface area contributed by atoms with Crippen molar-refractivity contribution in [3.63, 3.8) is 0 Å². The summed E-state index contributed by atoms with van der Waals surface area (Å²) in [5, 5.41) is 6.41. The molecule has 0 bridgehead atoms. The molecule has 0 aromatic carbocycles. The number of rotatable bonds is 5. The van der Waals surface area contributed by atoms with E-state index in [1.807, 2.05) is 0 Å². The van der Waals surface area contributed by atoms with Crippen LogP contribution in [-0.2, 0) is 9.59 Å². The van der Waals surface area contributed by atoms with E-state index in [2.05, 4.69) is 36.4 Å². The smallest absolute Gasteiger partial charge is 0.229 e. The van der Waals surface area contributed by atoms with Crippen molar-refractivity contribution < 1.29 is 9.59 Å². The maximum Gasteiger partial charge on any atom is 0.229 e. The Balaban J connectivity index is 0.00000400. The van der Waals surface area contributed by atoms with E-state index in [0.717, 1.165) is 0 Å². The molecular formula is C14H27IN4O2. The van der Waals surface area contributed by atoms with Crippen molar-refractivity contribution in [3.8, 4) is 0 Å². The Kier molecular flexibility index (Phi) is 9.56. The van der Waals surface area contributed by atoms with E-state index in [-0.39, 0.29) is 35.8 Å². The third-order valence-electron chi connectivity index (χ3n) is 3.60. The van der Waals surface area contributed by atoms with Gasteiger partial charge in [-0.25, -0.2) is 0 Å². The zero-order valence-electron chi connectivity index (χ0n) is 13.3. The highest BCUT2D eigenvalue weighted by Crippen LogP contribution is 2.11. The zero-order valence-corrected chi connectivity index (χ0v) is 15.6. The lowest BCUT2D eigenvalue weighted by Crippen LogP contribution is -2.48. The second kappa shape index (κ2) is 9.97. The Bertz CT molecular complexity index is 369. The lowest BCUT2D eigenvalue weighted by Gasteiger charge is -2.26. The van der Waals surface area contributed by atoms with Gasteiger partial charge in [-0.3, -0.25) is 19.5 Å². The van der Waals surface area contributed by atoms with Crippen molar-refractivity contribution >= 4 is 41.8 Å². The minimum atomic E-state index is -0.0680. The highest BCUT2D eigenvalue weighted by molar-refractivity contribution is 14.0. The molecule has 0 spiro atoms. The first kappa shape index (κ1) is 20.1. The van der Waals surface area contributed by atoms with Crippen molar-refractivity contribution in [3.05, 3.63) is 0 Å². The summed E-state index contributed by atoms with van der Waals surface area (Å²) in [4.78, 5) is 28.8. The Labute approximate surface area is 144 Å². The first-order chi connectivity index (χ1) is 9.45. The van der Waals surface area contributed by atoms with E-state index >= 15 is 0 Å². The number of aliphatic imine (C=N–C) groups is 1. The molecule has 1 rings (SSSR count). The molecule has 1 aliphatic rings. The monoisotopic (exact) mass is 410 g/mol. The van der Waals surface area contributed by atoms with E-state index in [1.165, 1.54) is 4.90 Å². The molecule has 1 unspecified atom stereocenters. The van der Waals surface area contributed by atoms with Gasteiger partial charge in [-0.05, 0) is 19.3 Å². The number of carbonyl (C=O) groups is 2.